The maximum atomic E-state index is 11.7. The van der Waals surface area contributed by atoms with Crippen molar-refractivity contribution in [3.8, 4) is 0 Å². The number of rotatable bonds is 1. The van der Waals surface area contributed by atoms with E-state index in [1.807, 2.05) is 0 Å². The third-order valence-corrected chi connectivity index (χ3v) is 4.88. The molecule has 6 heteroatoms. The number of hydrogen-bond acceptors (Lipinski definition) is 1. The van der Waals surface area contributed by atoms with Crippen LogP contribution in [0.1, 0.15) is 6.42 Å². The van der Waals surface area contributed by atoms with Crippen molar-refractivity contribution in [3.05, 3.63) is 26.7 Å². The lowest BCUT2D eigenvalue weighted by molar-refractivity contribution is -0.117. The number of benzene rings is 1. The quantitative estimate of drug-likeness (QED) is 0.521. The lowest BCUT2D eigenvalue weighted by atomic mass is 10.3. The van der Waals surface area contributed by atoms with Gasteiger partial charge in [-0.1, -0.05) is 39.1 Å². The molecule has 2 rings (SSSR count). The maximum Gasteiger partial charge on any atom is 0.228 e. The molecule has 2 nitrogen and oxygen atoms in total. The highest BCUT2D eigenvalue weighted by molar-refractivity contribution is 9.10. The van der Waals surface area contributed by atoms with Gasteiger partial charge in [-0.2, -0.15) is 0 Å². The van der Waals surface area contributed by atoms with Crippen LogP contribution in [0.4, 0.5) is 5.69 Å². The normalized spacial score (nSPS) is 20.6. The molecule has 0 aromatic heterocycles. The zero-order chi connectivity index (χ0) is 11.9. The standard InChI is InChI=1S/C10H7Br2Cl2NO/c11-5-1-9(16)15(4-5)6-2-7(13)10(12)8(14)3-6/h2-3,5H,1,4H2. The van der Waals surface area contributed by atoms with Crippen molar-refractivity contribution >= 4 is 66.7 Å². The first kappa shape index (κ1) is 12.7. The molecule has 1 unspecified atom stereocenters. The molecule has 1 aromatic carbocycles. The predicted octanol–water partition coefficient (Wildman–Crippen LogP) is 4.26. The molecule has 1 atom stereocenters. The van der Waals surface area contributed by atoms with E-state index in [0.29, 0.717) is 27.5 Å². The molecule has 1 heterocycles. The number of carbonyl (C=O) groups is 1. The summed E-state index contributed by atoms with van der Waals surface area (Å²) < 4.78 is 0.654. The first-order chi connectivity index (χ1) is 7.49. The van der Waals surface area contributed by atoms with Crippen molar-refractivity contribution < 1.29 is 4.79 Å². The molecular weight excluding hydrogens is 381 g/mol. The molecule has 16 heavy (non-hydrogen) atoms. The lowest BCUT2D eigenvalue weighted by Crippen LogP contribution is -2.24. The van der Waals surface area contributed by atoms with Gasteiger partial charge < -0.3 is 4.90 Å². The Bertz CT molecular complexity index is 429. The molecule has 86 valence electrons. The van der Waals surface area contributed by atoms with E-state index in [9.17, 15) is 4.79 Å². The summed E-state index contributed by atoms with van der Waals surface area (Å²) in [4.78, 5) is 13.6. The number of halogens is 4. The summed E-state index contributed by atoms with van der Waals surface area (Å²) in [5, 5.41) is 1.02. The van der Waals surface area contributed by atoms with E-state index in [0.717, 1.165) is 5.69 Å². The first-order valence-corrected chi connectivity index (χ1v) is 7.04. The summed E-state index contributed by atoms with van der Waals surface area (Å²) in [6.45, 7) is 0.646. The van der Waals surface area contributed by atoms with Crippen molar-refractivity contribution in [1.82, 2.24) is 0 Å². The van der Waals surface area contributed by atoms with E-state index in [4.69, 9.17) is 23.2 Å². The lowest BCUT2D eigenvalue weighted by Gasteiger charge is -2.17. The summed E-state index contributed by atoms with van der Waals surface area (Å²) in [6.07, 6.45) is 0.505. The highest BCUT2D eigenvalue weighted by Crippen LogP contribution is 2.36. The van der Waals surface area contributed by atoms with Gasteiger partial charge in [0.25, 0.3) is 0 Å². The van der Waals surface area contributed by atoms with Crippen LogP contribution in [0, 0.1) is 0 Å². The molecule has 1 aliphatic heterocycles. The SMILES string of the molecule is O=C1CC(Br)CN1c1cc(Cl)c(Br)c(Cl)c1. The minimum atomic E-state index is 0.0799. The van der Waals surface area contributed by atoms with Crippen molar-refractivity contribution in [3.63, 3.8) is 0 Å². The van der Waals surface area contributed by atoms with E-state index < -0.39 is 0 Å². The summed E-state index contributed by atoms with van der Waals surface area (Å²) in [7, 11) is 0. The summed E-state index contributed by atoms with van der Waals surface area (Å²) in [5.74, 6) is 0.0799. The third-order valence-electron chi connectivity index (χ3n) is 2.36. The van der Waals surface area contributed by atoms with Crippen molar-refractivity contribution in [2.75, 3.05) is 11.4 Å². The molecular formula is C10H7Br2Cl2NO. The largest absolute Gasteiger partial charge is 0.311 e. The Morgan fingerprint density at radius 1 is 1.31 bits per heavy atom. The molecule has 0 radical (unpaired) electrons. The van der Waals surface area contributed by atoms with Crippen LogP contribution in [0.3, 0.4) is 0 Å². The number of nitrogens with zero attached hydrogens (tertiary/aromatic N) is 1. The Kier molecular flexibility index (Phi) is 3.84. The van der Waals surface area contributed by atoms with Gasteiger partial charge in [-0.05, 0) is 28.1 Å². The zero-order valence-corrected chi connectivity index (χ0v) is 12.7. The van der Waals surface area contributed by atoms with Crippen LogP contribution in [0.2, 0.25) is 10.0 Å². The van der Waals surface area contributed by atoms with Crippen LogP contribution in [-0.4, -0.2) is 17.3 Å². The summed E-state index contributed by atoms with van der Waals surface area (Å²) in [6, 6.07) is 3.47. The molecule has 1 amide bonds. The fraction of sp³-hybridized carbons (Fsp3) is 0.300. The Balaban J connectivity index is 2.38. The van der Waals surface area contributed by atoms with Gasteiger partial charge >= 0.3 is 0 Å². The Labute approximate surface area is 120 Å². The highest BCUT2D eigenvalue weighted by Gasteiger charge is 2.29. The van der Waals surface area contributed by atoms with Crippen LogP contribution in [-0.2, 0) is 4.79 Å². The number of amides is 1. The fourth-order valence-electron chi connectivity index (χ4n) is 1.61. The molecule has 1 aromatic rings. The second-order valence-corrected chi connectivity index (χ2v) is 6.43. The van der Waals surface area contributed by atoms with Gasteiger partial charge in [0.1, 0.15) is 0 Å². The molecule has 0 aliphatic carbocycles. The average Bonchev–Trinajstić information content (AvgIpc) is 2.53. The molecule has 0 spiro atoms. The number of alkyl halides is 1. The summed E-state index contributed by atoms with van der Waals surface area (Å²) in [5.41, 5.74) is 0.741. The summed E-state index contributed by atoms with van der Waals surface area (Å²) >= 11 is 18.7. The van der Waals surface area contributed by atoms with Crippen LogP contribution in [0.5, 0.6) is 0 Å². The Morgan fingerprint density at radius 3 is 2.31 bits per heavy atom. The average molecular weight is 388 g/mol. The molecule has 0 saturated carbocycles. The second-order valence-electron chi connectivity index (χ2n) is 3.53. The number of anilines is 1. The van der Waals surface area contributed by atoms with E-state index in [-0.39, 0.29) is 10.7 Å². The number of carbonyl (C=O) groups excluding carboxylic acids is 1. The van der Waals surface area contributed by atoms with Gasteiger partial charge in [0.2, 0.25) is 5.91 Å². The van der Waals surface area contributed by atoms with E-state index >= 15 is 0 Å². The van der Waals surface area contributed by atoms with Gasteiger partial charge in [-0.3, -0.25) is 4.79 Å². The van der Waals surface area contributed by atoms with E-state index in [1.54, 1.807) is 17.0 Å². The smallest absolute Gasteiger partial charge is 0.228 e. The minimum Gasteiger partial charge on any atom is -0.311 e. The molecule has 0 bridgehead atoms. The third kappa shape index (κ3) is 2.40. The maximum absolute atomic E-state index is 11.7. The van der Waals surface area contributed by atoms with Crippen LogP contribution < -0.4 is 4.90 Å². The van der Waals surface area contributed by atoms with E-state index in [2.05, 4.69) is 31.9 Å². The van der Waals surface area contributed by atoms with Crippen molar-refractivity contribution in [2.24, 2.45) is 0 Å². The van der Waals surface area contributed by atoms with Crippen LogP contribution >= 0.6 is 55.1 Å². The van der Waals surface area contributed by atoms with E-state index in [1.165, 1.54) is 0 Å². The zero-order valence-electron chi connectivity index (χ0n) is 8.01. The highest BCUT2D eigenvalue weighted by atomic mass is 79.9. The van der Waals surface area contributed by atoms with Gasteiger partial charge in [0.15, 0.2) is 0 Å². The molecule has 1 saturated heterocycles. The predicted molar refractivity (Wildman–Crippen MR) is 73.8 cm³/mol. The second kappa shape index (κ2) is 4.84. The van der Waals surface area contributed by atoms with Gasteiger partial charge in [0.05, 0.1) is 14.5 Å². The number of hydrogen-bond donors (Lipinski definition) is 0. The Morgan fingerprint density at radius 2 is 1.88 bits per heavy atom. The Hall–Kier alpha value is 0.230. The van der Waals surface area contributed by atoms with Gasteiger partial charge in [0, 0.05) is 23.5 Å². The van der Waals surface area contributed by atoms with Gasteiger partial charge in [-0.15, -0.1) is 0 Å². The minimum absolute atomic E-state index is 0.0799. The topological polar surface area (TPSA) is 20.3 Å². The van der Waals surface area contributed by atoms with Crippen molar-refractivity contribution in [2.45, 2.75) is 11.2 Å². The van der Waals surface area contributed by atoms with Gasteiger partial charge in [-0.25, -0.2) is 0 Å². The first-order valence-electron chi connectivity index (χ1n) is 4.58. The molecule has 1 aliphatic rings. The van der Waals surface area contributed by atoms with Crippen LogP contribution in [0.15, 0.2) is 16.6 Å². The molecule has 1 fully saturated rings. The fourth-order valence-corrected chi connectivity index (χ4v) is 2.88. The van der Waals surface area contributed by atoms with Crippen LogP contribution in [0.25, 0.3) is 0 Å². The monoisotopic (exact) mass is 385 g/mol. The van der Waals surface area contributed by atoms with Crippen molar-refractivity contribution in [1.29, 1.82) is 0 Å². The molecule has 0 N–H and O–H groups in total.